The molecule has 0 N–H and O–H groups in total. The van der Waals surface area contributed by atoms with E-state index in [0.717, 1.165) is 17.7 Å². The van der Waals surface area contributed by atoms with Gasteiger partial charge in [0.1, 0.15) is 0 Å². The third kappa shape index (κ3) is 8.19. The molecule has 1 atom stereocenters. The highest BCUT2D eigenvalue weighted by atomic mass is 35.5. The lowest BCUT2D eigenvalue weighted by atomic mass is 9.98. The van der Waals surface area contributed by atoms with Crippen LogP contribution in [0.4, 0.5) is 0 Å². The second-order valence-electron chi connectivity index (χ2n) is 3.91. The number of hydrogen-bond donors (Lipinski definition) is 0. The molecule has 0 spiro atoms. The van der Waals surface area contributed by atoms with Crippen LogP contribution < -0.4 is 0 Å². The largest absolute Gasteiger partial charge is 0.127 e. The molecule has 0 bridgehead atoms. The van der Waals surface area contributed by atoms with Gasteiger partial charge in [-0.2, -0.15) is 0 Å². The molecular weight excluding hydrogens is 156 g/mol. The van der Waals surface area contributed by atoms with Crippen molar-refractivity contribution in [1.82, 2.24) is 0 Å². The first-order chi connectivity index (χ1) is 5.16. The Hall–Kier alpha value is 0.290. The Morgan fingerprint density at radius 1 is 1.00 bits per heavy atom. The number of halogens is 1. The van der Waals surface area contributed by atoms with Gasteiger partial charge in [0, 0.05) is 5.88 Å². The monoisotopic (exact) mass is 176 g/mol. The summed E-state index contributed by atoms with van der Waals surface area (Å²) in [7, 11) is 0. The lowest BCUT2D eigenvalue weighted by Crippen LogP contribution is -1.97. The molecule has 0 aliphatic heterocycles. The van der Waals surface area contributed by atoms with E-state index in [1.807, 2.05) is 0 Å². The fraction of sp³-hybridized carbons (Fsp3) is 1.00. The van der Waals surface area contributed by atoms with Gasteiger partial charge in [-0.3, -0.25) is 0 Å². The van der Waals surface area contributed by atoms with Crippen molar-refractivity contribution in [1.29, 1.82) is 0 Å². The molecule has 0 aliphatic carbocycles. The van der Waals surface area contributed by atoms with Gasteiger partial charge >= 0.3 is 0 Å². The Bertz CT molecular complexity index is 78.9. The van der Waals surface area contributed by atoms with E-state index in [1.54, 1.807) is 0 Å². The summed E-state index contributed by atoms with van der Waals surface area (Å²) in [5.41, 5.74) is 0. The summed E-state index contributed by atoms with van der Waals surface area (Å²) in [5, 5.41) is 0. The lowest BCUT2D eigenvalue weighted by molar-refractivity contribution is 0.450. The Balaban J connectivity index is 3.10. The molecule has 0 aromatic carbocycles. The number of hydrogen-bond acceptors (Lipinski definition) is 0. The number of alkyl halides is 1. The summed E-state index contributed by atoms with van der Waals surface area (Å²) < 4.78 is 0. The van der Waals surface area contributed by atoms with E-state index in [0.29, 0.717) is 0 Å². The van der Waals surface area contributed by atoms with Crippen molar-refractivity contribution in [2.24, 2.45) is 11.8 Å². The highest BCUT2D eigenvalue weighted by Crippen LogP contribution is 2.15. The van der Waals surface area contributed by atoms with Crippen molar-refractivity contribution in [2.75, 3.05) is 5.88 Å². The summed E-state index contributed by atoms with van der Waals surface area (Å²) in [6, 6.07) is 0. The Morgan fingerprint density at radius 3 is 2.09 bits per heavy atom. The van der Waals surface area contributed by atoms with Gasteiger partial charge in [-0.1, -0.05) is 40.0 Å². The molecule has 68 valence electrons. The van der Waals surface area contributed by atoms with Crippen LogP contribution >= 0.6 is 11.6 Å². The summed E-state index contributed by atoms with van der Waals surface area (Å²) >= 11 is 5.64. The second-order valence-corrected chi connectivity index (χ2v) is 4.29. The molecule has 0 nitrogen and oxygen atoms in total. The molecule has 0 amide bonds. The van der Waals surface area contributed by atoms with Crippen LogP contribution in [0, 0.1) is 11.8 Å². The van der Waals surface area contributed by atoms with Crippen molar-refractivity contribution in [2.45, 2.75) is 46.5 Å². The molecule has 1 heteroatoms. The smallest absolute Gasteiger partial charge is 0.0225 e. The second kappa shape index (κ2) is 6.97. The quantitative estimate of drug-likeness (QED) is 0.535. The maximum absolute atomic E-state index is 5.64. The van der Waals surface area contributed by atoms with Gasteiger partial charge in [0.2, 0.25) is 0 Å². The molecule has 0 aliphatic rings. The van der Waals surface area contributed by atoms with Crippen LogP contribution in [0.15, 0.2) is 0 Å². The van der Waals surface area contributed by atoms with Gasteiger partial charge in [0.15, 0.2) is 0 Å². The SMILES string of the molecule is CC(C)CCC[C@H](C)CCCl. The van der Waals surface area contributed by atoms with E-state index in [2.05, 4.69) is 20.8 Å². The fourth-order valence-corrected chi connectivity index (χ4v) is 1.58. The highest BCUT2D eigenvalue weighted by molar-refractivity contribution is 6.17. The van der Waals surface area contributed by atoms with Crippen LogP contribution in [0.25, 0.3) is 0 Å². The summed E-state index contributed by atoms with van der Waals surface area (Å²) in [6.45, 7) is 6.86. The maximum Gasteiger partial charge on any atom is 0.0225 e. The first-order valence-electron chi connectivity index (χ1n) is 4.72. The predicted molar refractivity (Wildman–Crippen MR) is 53.2 cm³/mol. The van der Waals surface area contributed by atoms with E-state index in [4.69, 9.17) is 11.6 Å². The highest BCUT2D eigenvalue weighted by Gasteiger charge is 2.01. The topological polar surface area (TPSA) is 0 Å². The Labute approximate surface area is 76.3 Å². The van der Waals surface area contributed by atoms with Gasteiger partial charge < -0.3 is 0 Å². The van der Waals surface area contributed by atoms with Gasteiger partial charge in [0.25, 0.3) is 0 Å². The molecule has 0 aromatic heterocycles. The molecule has 11 heavy (non-hydrogen) atoms. The van der Waals surface area contributed by atoms with Crippen molar-refractivity contribution >= 4 is 11.6 Å². The minimum atomic E-state index is 0.822. The minimum absolute atomic E-state index is 0.822. The van der Waals surface area contributed by atoms with E-state index in [1.165, 1.54) is 25.7 Å². The van der Waals surface area contributed by atoms with Gasteiger partial charge in [-0.15, -0.1) is 11.6 Å². The molecule has 0 fully saturated rings. The summed E-state index contributed by atoms with van der Waals surface area (Å²) in [4.78, 5) is 0. The first kappa shape index (κ1) is 11.3. The zero-order chi connectivity index (χ0) is 8.69. The Kier molecular flexibility index (Phi) is 7.15. The molecule has 0 unspecified atom stereocenters. The van der Waals surface area contributed by atoms with Gasteiger partial charge in [-0.05, 0) is 18.3 Å². The maximum atomic E-state index is 5.64. The zero-order valence-electron chi connectivity index (χ0n) is 8.07. The standard InChI is InChI=1S/C10H21Cl/c1-9(2)5-4-6-10(3)7-8-11/h9-10H,4-8H2,1-3H3/t10-/m0/s1. The average molecular weight is 177 g/mol. The van der Waals surface area contributed by atoms with E-state index in [9.17, 15) is 0 Å². The Morgan fingerprint density at radius 2 is 1.64 bits per heavy atom. The molecular formula is C10H21Cl. The third-order valence-electron chi connectivity index (χ3n) is 2.08. The van der Waals surface area contributed by atoms with Crippen molar-refractivity contribution < 1.29 is 0 Å². The minimum Gasteiger partial charge on any atom is -0.127 e. The van der Waals surface area contributed by atoms with Gasteiger partial charge in [0.05, 0.1) is 0 Å². The third-order valence-corrected chi connectivity index (χ3v) is 2.30. The van der Waals surface area contributed by atoms with E-state index >= 15 is 0 Å². The molecule has 0 rings (SSSR count). The van der Waals surface area contributed by atoms with Crippen LogP contribution in [0.5, 0.6) is 0 Å². The van der Waals surface area contributed by atoms with Crippen LogP contribution in [0.1, 0.15) is 46.5 Å². The predicted octanol–water partition coefficient (Wildman–Crippen LogP) is 4.08. The van der Waals surface area contributed by atoms with Crippen molar-refractivity contribution in [3.63, 3.8) is 0 Å². The summed E-state index contributed by atoms with van der Waals surface area (Å²) in [6.07, 6.45) is 5.27. The normalized spacial score (nSPS) is 13.9. The molecule has 0 saturated carbocycles. The van der Waals surface area contributed by atoms with Crippen molar-refractivity contribution in [3.05, 3.63) is 0 Å². The summed E-state index contributed by atoms with van der Waals surface area (Å²) in [5.74, 6) is 2.51. The molecule has 0 aromatic rings. The lowest BCUT2D eigenvalue weighted by Gasteiger charge is -2.09. The van der Waals surface area contributed by atoms with Crippen LogP contribution in [-0.2, 0) is 0 Å². The molecule has 0 heterocycles. The van der Waals surface area contributed by atoms with Crippen molar-refractivity contribution in [3.8, 4) is 0 Å². The molecule has 0 radical (unpaired) electrons. The first-order valence-corrected chi connectivity index (χ1v) is 5.26. The van der Waals surface area contributed by atoms with E-state index < -0.39 is 0 Å². The average Bonchev–Trinajstić information content (AvgIpc) is 1.87. The molecule has 0 saturated heterocycles. The fourth-order valence-electron chi connectivity index (χ4n) is 1.21. The zero-order valence-corrected chi connectivity index (χ0v) is 8.82. The van der Waals surface area contributed by atoms with Crippen LogP contribution in [0.3, 0.4) is 0 Å². The van der Waals surface area contributed by atoms with E-state index in [-0.39, 0.29) is 0 Å². The number of rotatable bonds is 6. The van der Waals surface area contributed by atoms with Gasteiger partial charge in [-0.25, -0.2) is 0 Å². The van der Waals surface area contributed by atoms with Crippen LogP contribution in [-0.4, -0.2) is 5.88 Å². The van der Waals surface area contributed by atoms with Crippen LogP contribution in [0.2, 0.25) is 0 Å².